The van der Waals surface area contributed by atoms with Crippen LogP contribution in [0.5, 0.6) is 0 Å². The van der Waals surface area contributed by atoms with Crippen LogP contribution >= 0.6 is 0 Å². The van der Waals surface area contributed by atoms with Crippen LogP contribution in [0.2, 0.25) is 0 Å². The third-order valence-corrected chi connectivity index (χ3v) is 4.54. The number of carbonyl (C=O) groups is 1. The Morgan fingerprint density at radius 2 is 1.92 bits per heavy atom. The molecule has 1 saturated heterocycles. The Balaban J connectivity index is 1.91. The summed E-state index contributed by atoms with van der Waals surface area (Å²) in [5.74, 6) is 0.415. The van der Waals surface area contributed by atoms with Gasteiger partial charge >= 0.3 is 11.7 Å². The Bertz CT molecular complexity index is 903. The number of H-pyrrole nitrogens is 1. The number of piperazine rings is 1. The van der Waals surface area contributed by atoms with Crippen LogP contribution in [0.4, 0.5) is 5.95 Å². The van der Waals surface area contributed by atoms with Gasteiger partial charge in [-0.3, -0.25) is 24.0 Å². The summed E-state index contributed by atoms with van der Waals surface area (Å²) in [6.45, 7) is 5.49. The molecule has 0 bridgehead atoms. The van der Waals surface area contributed by atoms with E-state index in [1.54, 1.807) is 7.05 Å². The number of aromatic amines is 1. The topological polar surface area (TPSA) is 105 Å². The molecule has 0 unspecified atom stereocenters. The molecule has 0 saturated carbocycles. The SMILES string of the molecule is CCn1c(N2CCN(CC(=O)OC)CC2)nc2c1c(=O)[nH]c(=O)n2C. The number of carbonyl (C=O) groups excluding carboxylic acids is 1. The van der Waals surface area contributed by atoms with Gasteiger partial charge in [0.05, 0.1) is 13.7 Å². The number of anilines is 1. The molecule has 1 N–H and O–H groups in total. The quantitative estimate of drug-likeness (QED) is 0.686. The maximum atomic E-state index is 12.2. The number of methoxy groups -OCH3 is 1. The molecule has 10 heteroatoms. The van der Waals surface area contributed by atoms with Crippen molar-refractivity contribution in [3.63, 3.8) is 0 Å². The van der Waals surface area contributed by atoms with Crippen molar-refractivity contribution >= 4 is 23.1 Å². The molecule has 0 aliphatic carbocycles. The molecule has 3 rings (SSSR count). The number of aromatic nitrogens is 4. The first-order valence-electron chi connectivity index (χ1n) is 8.20. The Kier molecular flexibility index (Phi) is 4.62. The van der Waals surface area contributed by atoms with Crippen molar-refractivity contribution < 1.29 is 9.53 Å². The molecule has 1 aliphatic heterocycles. The van der Waals surface area contributed by atoms with Gasteiger partial charge in [0.25, 0.3) is 5.56 Å². The Hall–Kier alpha value is -2.62. The number of fused-ring (bicyclic) bond motifs is 1. The van der Waals surface area contributed by atoms with E-state index in [0.717, 1.165) is 0 Å². The van der Waals surface area contributed by atoms with Crippen molar-refractivity contribution in [1.82, 2.24) is 24.0 Å². The number of hydrogen-bond donors (Lipinski definition) is 1. The van der Waals surface area contributed by atoms with E-state index >= 15 is 0 Å². The molecule has 0 aromatic carbocycles. The zero-order valence-electron chi connectivity index (χ0n) is 14.6. The number of aryl methyl sites for hydroxylation is 2. The van der Waals surface area contributed by atoms with Crippen LogP contribution in [-0.2, 0) is 23.1 Å². The van der Waals surface area contributed by atoms with Gasteiger partial charge in [-0.15, -0.1) is 0 Å². The zero-order valence-corrected chi connectivity index (χ0v) is 14.6. The molecule has 0 spiro atoms. The fourth-order valence-electron chi connectivity index (χ4n) is 3.12. The van der Waals surface area contributed by atoms with Gasteiger partial charge in [-0.25, -0.2) is 4.79 Å². The van der Waals surface area contributed by atoms with E-state index in [2.05, 4.69) is 14.9 Å². The lowest BCUT2D eigenvalue weighted by Gasteiger charge is -2.34. The number of esters is 1. The summed E-state index contributed by atoms with van der Waals surface area (Å²) in [5.41, 5.74) is -0.130. The molecule has 0 radical (unpaired) electrons. The highest BCUT2D eigenvalue weighted by Gasteiger charge is 2.25. The molecule has 136 valence electrons. The number of ether oxygens (including phenoxy) is 1. The standard InChI is InChI=1S/C15H22N6O4/c1-4-21-11-12(18(2)15(24)17-13(11)23)16-14(21)20-7-5-19(6-8-20)9-10(22)25-3/h4-9H2,1-3H3,(H,17,23,24). The fourth-order valence-corrected chi connectivity index (χ4v) is 3.12. The predicted molar refractivity (Wildman–Crippen MR) is 91.9 cm³/mol. The van der Waals surface area contributed by atoms with Gasteiger partial charge in [-0.1, -0.05) is 0 Å². The van der Waals surface area contributed by atoms with Crippen LogP contribution in [0.3, 0.4) is 0 Å². The first kappa shape index (κ1) is 17.2. The van der Waals surface area contributed by atoms with E-state index in [1.807, 2.05) is 16.4 Å². The lowest BCUT2D eigenvalue weighted by atomic mass is 10.3. The second-order valence-corrected chi connectivity index (χ2v) is 5.99. The largest absolute Gasteiger partial charge is 0.468 e. The van der Waals surface area contributed by atoms with Crippen molar-refractivity contribution in [2.24, 2.45) is 7.05 Å². The molecule has 2 aromatic rings. The molecule has 2 aromatic heterocycles. The smallest absolute Gasteiger partial charge is 0.329 e. The van der Waals surface area contributed by atoms with E-state index in [1.165, 1.54) is 11.7 Å². The first-order chi connectivity index (χ1) is 12.0. The monoisotopic (exact) mass is 350 g/mol. The second kappa shape index (κ2) is 6.71. The van der Waals surface area contributed by atoms with E-state index < -0.39 is 11.2 Å². The van der Waals surface area contributed by atoms with Crippen LogP contribution in [0.1, 0.15) is 6.92 Å². The Labute approximate surface area is 143 Å². The van der Waals surface area contributed by atoms with Gasteiger partial charge in [0.2, 0.25) is 5.95 Å². The van der Waals surface area contributed by atoms with Crippen LogP contribution in [0.25, 0.3) is 11.2 Å². The van der Waals surface area contributed by atoms with Gasteiger partial charge in [-0.05, 0) is 6.92 Å². The van der Waals surface area contributed by atoms with Crippen molar-refractivity contribution in [2.75, 3.05) is 44.7 Å². The summed E-state index contributed by atoms with van der Waals surface area (Å²) < 4.78 is 7.87. The summed E-state index contributed by atoms with van der Waals surface area (Å²) in [6.07, 6.45) is 0. The molecular weight excluding hydrogens is 328 g/mol. The molecule has 0 amide bonds. The van der Waals surface area contributed by atoms with Crippen molar-refractivity contribution in [1.29, 1.82) is 0 Å². The lowest BCUT2D eigenvalue weighted by molar-refractivity contribution is -0.142. The number of nitrogens with zero attached hydrogens (tertiary/aromatic N) is 5. The van der Waals surface area contributed by atoms with E-state index in [-0.39, 0.29) is 12.5 Å². The van der Waals surface area contributed by atoms with Crippen LogP contribution in [-0.4, -0.2) is 69.8 Å². The molecule has 0 atom stereocenters. The average molecular weight is 350 g/mol. The van der Waals surface area contributed by atoms with E-state index in [4.69, 9.17) is 4.74 Å². The van der Waals surface area contributed by atoms with E-state index in [9.17, 15) is 14.4 Å². The minimum Gasteiger partial charge on any atom is -0.468 e. The van der Waals surface area contributed by atoms with Gasteiger partial charge in [0.1, 0.15) is 0 Å². The van der Waals surface area contributed by atoms with Crippen molar-refractivity contribution in [3.8, 4) is 0 Å². The minimum absolute atomic E-state index is 0.254. The molecule has 25 heavy (non-hydrogen) atoms. The summed E-state index contributed by atoms with van der Waals surface area (Å²) in [6, 6.07) is 0. The average Bonchev–Trinajstić information content (AvgIpc) is 3.00. The van der Waals surface area contributed by atoms with Gasteiger partial charge in [0, 0.05) is 39.8 Å². The predicted octanol–water partition coefficient (Wildman–Crippen LogP) is -1.26. The molecule has 1 fully saturated rings. The molecule has 10 nitrogen and oxygen atoms in total. The number of nitrogens with one attached hydrogen (secondary N) is 1. The third kappa shape index (κ3) is 3.04. The van der Waals surface area contributed by atoms with Crippen molar-refractivity contribution in [2.45, 2.75) is 13.5 Å². The van der Waals surface area contributed by atoms with Crippen LogP contribution in [0, 0.1) is 0 Å². The highest BCUT2D eigenvalue weighted by molar-refractivity contribution is 5.74. The molecule has 3 heterocycles. The van der Waals surface area contributed by atoms with Gasteiger partial charge in [-0.2, -0.15) is 4.98 Å². The van der Waals surface area contributed by atoms with Crippen LogP contribution in [0.15, 0.2) is 9.59 Å². The Morgan fingerprint density at radius 1 is 1.24 bits per heavy atom. The highest BCUT2D eigenvalue weighted by atomic mass is 16.5. The maximum Gasteiger partial charge on any atom is 0.329 e. The summed E-state index contributed by atoms with van der Waals surface area (Å²) in [7, 11) is 2.97. The first-order valence-corrected chi connectivity index (χ1v) is 8.20. The third-order valence-electron chi connectivity index (χ3n) is 4.54. The summed E-state index contributed by atoms with van der Waals surface area (Å²) in [5, 5.41) is 0. The maximum absolute atomic E-state index is 12.2. The summed E-state index contributed by atoms with van der Waals surface area (Å²) in [4.78, 5) is 46.4. The Morgan fingerprint density at radius 3 is 2.52 bits per heavy atom. The minimum atomic E-state index is -0.479. The number of hydrogen-bond acceptors (Lipinski definition) is 7. The fraction of sp³-hybridized carbons (Fsp3) is 0.600. The highest BCUT2D eigenvalue weighted by Crippen LogP contribution is 2.20. The number of imidazole rings is 1. The van der Waals surface area contributed by atoms with Crippen molar-refractivity contribution in [3.05, 3.63) is 20.8 Å². The molecule has 1 aliphatic rings. The van der Waals surface area contributed by atoms with Gasteiger partial charge in [0.15, 0.2) is 11.2 Å². The summed E-state index contributed by atoms with van der Waals surface area (Å²) >= 11 is 0. The number of rotatable bonds is 4. The van der Waals surface area contributed by atoms with Gasteiger partial charge < -0.3 is 14.2 Å². The normalized spacial score (nSPS) is 15.7. The van der Waals surface area contributed by atoms with E-state index in [0.29, 0.717) is 49.8 Å². The second-order valence-electron chi connectivity index (χ2n) is 5.99. The van der Waals surface area contributed by atoms with Crippen LogP contribution < -0.4 is 16.1 Å². The molecular formula is C15H22N6O4. The zero-order chi connectivity index (χ0) is 18.1. The lowest BCUT2D eigenvalue weighted by Crippen LogP contribution is -2.48.